The van der Waals surface area contributed by atoms with Gasteiger partial charge in [0.15, 0.2) is 6.10 Å². The summed E-state index contributed by atoms with van der Waals surface area (Å²) >= 11 is 0. The molecule has 1 atom stereocenters. The first-order chi connectivity index (χ1) is 9.06. The summed E-state index contributed by atoms with van der Waals surface area (Å²) in [5, 5.41) is 20.0. The zero-order chi connectivity index (χ0) is 13.8. The molecule has 0 aromatic heterocycles. The average Bonchev–Trinajstić information content (AvgIpc) is 3.20. The van der Waals surface area contributed by atoms with Crippen LogP contribution < -0.4 is 5.32 Å². The summed E-state index contributed by atoms with van der Waals surface area (Å²) in [5.41, 5.74) is 0. The Morgan fingerprint density at radius 2 is 1.84 bits per heavy atom. The summed E-state index contributed by atoms with van der Waals surface area (Å²) in [6.45, 7) is 3.92. The van der Waals surface area contributed by atoms with E-state index in [2.05, 4.69) is 10.2 Å². The van der Waals surface area contributed by atoms with Gasteiger partial charge in [-0.1, -0.05) is 0 Å². The minimum atomic E-state index is -1.54. The molecule has 2 rings (SSSR count). The van der Waals surface area contributed by atoms with Crippen molar-refractivity contribution in [1.29, 1.82) is 0 Å². The second kappa shape index (κ2) is 6.21. The summed E-state index contributed by atoms with van der Waals surface area (Å²) < 4.78 is 0. The van der Waals surface area contributed by atoms with Gasteiger partial charge < -0.3 is 20.4 Å². The summed E-state index contributed by atoms with van der Waals surface area (Å²) in [7, 11) is 0. The molecule has 2 fully saturated rings. The first-order valence-electron chi connectivity index (χ1n) is 6.72. The number of nitrogens with one attached hydrogen (secondary N) is 1. The summed E-state index contributed by atoms with van der Waals surface area (Å²) in [6, 6.07) is -0.300. The van der Waals surface area contributed by atoms with Gasteiger partial charge >= 0.3 is 12.0 Å². The smallest absolute Gasteiger partial charge is 0.334 e. The zero-order valence-electron chi connectivity index (χ0n) is 10.9. The molecular formula is C12H21N3O4. The molecule has 0 aromatic rings. The lowest BCUT2D eigenvalue weighted by Gasteiger charge is -2.34. The third-order valence-electron chi connectivity index (χ3n) is 3.60. The van der Waals surface area contributed by atoms with Crippen molar-refractivity contribution in [2.45, 2.75) is 18.9 Å². The lowest BCUT2D eigenvalue weighted by Crippen LogP contribution is -2.53. The Labute approximate surface area is 112 Å². The second-order valence-electron chi connectivity index (χ2n) is 5.27. The third-order valence-corrected chi connectivity index (χ3v) is 3.60. The lowest BCUT2D eigenvalue weighted by atomic mass is 10.3. The molecule has 0 bridgehead atoms. The van der Waals surface area contributed by atoms with E-state index in [-0.39, 0.29) is 12.6 Å². The number of carboxylic acid groups (broad SMARTS) is 1. The van der Waals surface area contributed by atoms with Gasteiger partial charge in [-0.05, 0) is 18.8 Å². The van der Waals surface area contributed by atoms with Gasteiger partial charge in [-0.2, -0.15) is 0 Å². The van der Waals surface area contributed by atoms with Gasteiger partial charge in [0.1, 0.15) is 0 Å². The van der Waals surface area contributed by atoms with Crippen LogP contribution >= 0.6 is 0 Å². The van der Waals surface area contributed by atoms with E-state index in [9.17, 15) is 9.59 Å². The van der Waals surface area contributed by atoms with Crippen molar-refractivity contribution in [3.8, 4) is 0 Å². The van der Waals surface area contributed by atoms with Crippen LogP contribution in [0.3, 0.4) is 0 Å². The number of amides is 2. The molecule has 1 saturated heterocycles. The van der Waals surface area contributed by atoms with Crippen molar-refractivity contribution in [2.24, 2.45) is 5.92 Å². The maximum absolute atomic E-state index is 11.8. The SMILES string of the molecule is O=C(O)C(O)CNC(=O)N1CCN(CC2CC2)CC1. The van der Waals surface area contributed by atoms with Crippen LogP contribution in [0.2, 0.25) is 0 Å². The number of rotatable bonds is 5. The largest absolute Gasteiger partial charge is 0.479 e. The van der Waals surface area contributed by atoms with Crippen molar-refractivity contribution in [2.75, 3.05) is 39.3 Å². The number of nitrogens with zero attached hydrogens (tertiary/aromatic N) is 2. The molecule has 7 nitrogen and oxygen atoms in total. The second-order valence-corrected chi connectivity index (χ2v) is 5.27. The van der Waals surface area contributed by atoms with E-state index in [4.69, 9.17) is 10.2 Å². The van der Waals surface area contributed by atoms with E-state index < -0.39 is 12.1 Å². The zero-order valence-corrected chi connectivity index (χ0v) is 10.9. The Morgan fingerprint density at radius 3 is 2.37 bits per heavy atom. The molecule has 7 heteroatoms. The van der Waals surface area contributed by atoms with E-state index in [0.717, 1.165) is 25.6 Å². The maximum atomic E-state index is 11.8. The minimum absolute atomic E-state index is 0.254. The highest BCUT2D eigenvalue weighted by Crippen LogP contribution is 2.29. The maximum Gasteiger partial charge on any atom is 0.334 e. The summed E-state index contributed by atoms with van der Waals surface area (Å²) in [4.78, 5) is 26.2. The molecule has 108 valence electrons. The van der Waals surface area contributed by atoms with Crippen molar-refractivity contribution in [1.82, 2.24) is 15.1 Å². The predicted molar refractivity (Wildman–Crippen MR) is 67.8 cm³/mol. The Balaban J connectivity index is 1.65. The van der Waals surface area contributed by atoms with Crippen molar-refractivity contribution >= 4 is 12.0 Å². The fourth-order valence-corrected chi connectivity index (χ4v) is 2.18. The molecule has 1 heterocycles. The van der Waals surface area contributed by atoms with Crippen molar-refractivity contribution in [3.63, 3.8) is 0 Å². The van der Waals surface area contributed by atoms with Gasteiger partial charge in [-0.25, -0.2) is 9.59 Å². The molecule has 0 aromatic carbocycles. The van der Waals surface area contributed by atoms with Crippen LogP contribution in [0.4, 0.5) is 4.79 Å². The number of carbonyl (C=O) groups is 2. The van der Waals surface area contributed by atoms with E-state index in [1.54, 1.807) is 4.90 Å². The quantitative estimate of drug-likeness (QED) is 0.607. The summed E-state index contributed by atoms with van der Waals surface area (Å²) in [6.07, 6.45) is 1.11. The van der Waals surface area contributed by atoms with Gasteiger partial charge in [0.05, 0.1) is 6.54 Å². The fraction of sp³-hybridized carbons (Fsp3) is 0.833. The van der Waals surface area contributed by atoms with Crippen molar-refractivity contribution in [3.05, 3.63) is 0 Å². The molecule has 0 radical (unpaired) electrons. The molecule has 1 aliphatic heterocycles. The van der Waals surface area contributed by atoms with Crippen LogP contribution in [0.25, 0.3) is 0 Å². The van der Waals surface area contributed by atoms with E-state index >= 15 is 0 Å². The fourth-order valence-electron chi connectivity index (χ4n) is 2.18. The Hall–Kier alpha value is -1.34. The van der Waals surface area contributed by atoms with E-state index in [1.807, 2.05) is 0 Å². The van der Waals surface area contributed by atoms with Crippen LogP contribution in [0.1, 0.15) is 12.8 Å². The first-order valence-corrected chi connectivity index (χ1v) is 6.72. The highest BCUT2D eigenvalue weighted by Gasteiger charge is 2.27. The molecule has 2 amide bonds. The monoisotopic (exact) mass is 271 g/mol. The molecule has 1 saturated carbocycles. The van der Waals surface area contributed by atoms with E-state index in [0.29, 0.717) is 13.1 Å². The standard InChI is InChI=1S/C12H21N3O4/c16-10(11(17)18)7-13-12(19)15-5-3-14(4-6-15)8-9-1-2-9/h9-10,16H,1-8H2,(H,13,19)(H,17,18). The van der Waals surface area contributed by atoms with Crippen LogP contribution in [-0.2, 0) is 4.79 Å². The van der Waals surface area contributed by atoms with Crippen LogP contribution in [0.5, 0.6) is 0 Å². The van der Waals surface area contributed by atoms with Crippen LogP contribution in [-0.4, -0.2) is 77.4 Å². The number of carbonyl (C=O) groups excluding carboxylic acids is 1. The van der Waals surface area contributed by atoms with Gasteiger partial charge in [0.25, 0.3) is 0 Å². The van der Waals surface area contributed by atoms with Crippen molar-refractivity contribution < 1.29 is 19.8 Å². The molecule has 1 unspecified atom stereocenters. The van der Waals surface area contributed by atoms with Crippen LogP contribution in [0.15, 0.2) is 0 Å². The minimum Gasteiger partial charge on any atom is -0.479 e. The normalized spacial score (nSPS) is 22.1. The van der Waals surface area contributed by atoms with Crippen LogP contribution in [0, 0.1) is 5.92 Å². The molecule has 3 N–H and O–H groups in total. The number of hydrogen-bond donors (Lipinski definition) is 3. The number of aliphatic hydroxyl groups excluding tert-OH is 1. The average molecular weight is 271 g/mol. The van der Waals surface area contributed by atoms with Gasteiger partial charge in [0.2, 0.25) is 0 Å². The third kappa shape index (κ3) is 4.36. The molecule has 0 spiro atoms. The Morgan fingerprint density at radius 1 is 1.21 bits per heavy atom. The number of hydrogen-bond acceptors (Lipinski definition) is 4. The predicted octanol–water partition coefficient (Wildman–Crippen LogP) is -0.831. The Bertz CT molecular complexity index is 338. The Kier molecular flexibility index (Phi) is 4.60. The number of aliphatic carboxylic acids is 1. The molecule has 2 aliphatic rings. The highest BCUT2D eigenvalue weighted by molar-refractivity contribution is 5.76. The number of piperazine rings is 1. The van der Waals surface area contributed by atoms with Gasteiger partial charge in [-0.3, -0.25) is 4.90 Å². The van der Waals surface area contributed by atoms with E-state index in [1.165, 1.54) is 12.8 Å². The lowest BCUT2D eigenvalue weighted by molar-refractivity contribution is -0.146. The first kappa shape index (κ1) is 14.1. The van der Waals surface area contributed by atoms with Gasteiger partial charge in [-0.15, -0.1) is 0 Å². The highest BCUT2D eigenvalue weighted by atomic mass is 16.4. The number of carboxylic acids is 1. The number of aliphatic hydroxyl groups is 1. The molecule has 1 aliphatic carbocycles. The number of urea groups is 1. The van der Waals surface area contributed by atoms with Gasteiger partial charge in [0, 0.05) is 32.7 Å². The topological polar surface area (TPSA) is 93.1 Å². The summed E-state index contributed by atoms with van der Waals surface area (Å²) in [5.74, 6) is -0.472. The molecule has 19 heavy (non-hydrogen) atoms. The molecular weight excluding hydrogens is 250 g/mol.